The van der Waals surface area contributed by atoms with Gasteiger partial charge in [-0.2, -0.15) is 5.10 Å². The lowest BCUT2D eigenvalue weighted by molar-refractivity contribution is 0.623. The molecule has 21 heavy (non-hydrogen) atoms. The van der Waals surface area contributed by atoms with Crippen molar-refractivity contribution in [1.29, 1.82) is 0 Å². The van der Waals surface area contributed by atoms with E-state index < -0.39 is 10.8 Å². The number of aryl methyl sites for hydroxylation is 2. The number of nitrogens with two attached hydrogens (primary N) is 1. The summed E-state index contributed by atoms with van der Waals surface area (Å²) in [5.74, 6) is 0.244. The fourth-order valence-electron chi connectivity index (χ4n) is 2.12. The van der Waals surface area contributed by atoms with Crippen LogP contribution in [0.2, 0.25) is 10.0 Å². The first kappa shape index (κ1) is 16.3. The molecule has 0 aliphatic carbocycles. The largest absolute Gasteiger partial charge is 0.398 e. The summed E-state index contributed by atoms with van der Waals surface area (Å²) in [5.41, 5.74) is 7.88. The monoisotopic (exact) mass is 345 g/mol. The van der Waals surface area contributed by atoms with E-state index in [1.54, 1.807) is 22.9 Å². The van der Waals surface area contributed by atoms with Crippen molar-refractivity contribution in [2.75, 3.05) is 5.73 Å². The van der Waals surface area contributed by atoms with E-state index in [4.69, 9.17) is 28.9 Å². The van der Waals surface area contributed by atoms with Crippen LogP contribution in [0.3, 0.4) is 0 Å². The average Bonchev–Trinajstić information content (AvgIpc) is 2.75. The SMILES string of the molecule is CCc1nn(CC)c(CS(=O)c2c(N)cccc2Cl)c1Cl. The third-order valence-electron chi connectivity index (χ3n) is 3.19. The van der Waals surface area contributed by atoms with Crippen molar-refractivity contribution in [3.05, 3.63) is 39.6 Å². The van der Waals surface area contributed by atoms with Crippen LogP contribution in [0.4, 0.5) is 5.69 Å². The Hall–Kier alpha value is -1.04. The smallest absolute Gasteiger partial charge is 0.0859 e. The van der Waals surface area contributed by atoms with Crippen LogP contribution in [-0.2, 0) is 29.5 Å². The molecule has 0 saturated carbocycles. The summed E-state index contributed by atoms with van der Waals surface area (Å²) < 4.78 is 14.4. The molecule has 1 unspecified atom stereocenters. The minimum absolute atomic E-state index is 0.244. The van der Waals surface area contributed by atoms with Gasteiger partial charge in [-0.3, -0.25) is 8.89 Å². The van der Waals surface area contributed by atoms with Gasteiger partial charge in [-0.1, -0.05) is 36.2 Å². The molecule has 2 rings (SSSR count). The molecule has 0 saturated heterocycles. The zero-order valence-electron chi connectivity index (χ0n) is 11.9. The van der Waals surface area contributed by atoms with Gasteiger partial charge in [0.05, 0.1) is 42.9 Å². The third-order valence-corrected chi connectivity index (χ3v) is 5.50. The van der Waals surface area contributed by atoms with E-state index in [1.165, 1.54) is 0 Å². The first-order valence-corrected chi connectivity index (χ1v) is 8.73. The van der Waals surface area contributed by atoms with Gasteiger partial charge in [0.1, 0.15) is 0 Å². The van der Waals surface area contributed by atoms with Gasteiger partial charge in [0.2, 0.25) is 0 Å². The molecule has 1 atom stereocenters. The van der Waals surface area contributed by atoms with Crippen molar-refractivity contribution < 1.29 is 4.21 Å². The van der Waals surface area contributed by atoms with Crippen molar-refractivity contribution in [3.63, 3.8) is 0 Å². The van der Waals surface area contributed by atoms with Gasteiger partial charge in [-0.15, -0.1) is 0 Å². The van der Waals surface area contributed by atoms with Crippen molar-refractivity contribution in [1.82, 2.24) is 9.78 Å². The zero-order chi connectivity index (χ0) is 15.6. The fourth-order valence-corrected chi connectivity index (χ4v) is 4.27. The second-order valence-electron chi connectivity index (χ2n) is 4.52. The van der Waals surface area contributed by atoms with Crippen LogP contribution in [0.1, 0.15) is 25.2 Å². The molecule has 0 amide bonds. The van der Waals surface area contributed by atoms with E-state index in [0.717, 1.165) is 17.8 Å². The predicted molar refractivity (Wildman–Crippen MR) is 88.3 cm³/mol. The number of hydrogen-bond donors (Lipinski definition) is 1. The Morgan fingerprint density at radius 3 is 2.62 bits per heavy atom. The Morgan fingerprint density at radius 2 is 2.05 bits per heavy atom. The number of anilines is 1. The molecule has 2 N–H and O–H groups in total. The predicted octanol–water partition coefficient (Wildman–Crippen LogP) is 3.66. The van der Waals surface area contributed by atoms with Gasteiger partial charge in [0.15, 0.2) is 0 Å². The third kappa shape index (κ3) is 3.25. The van der Waals surface area contributed by atoms with Gasteiger partial charge >= 0.3 is 0 Å². The summed E-state index contributed by atoms with van der Waals surface area (Å²) in [5, 5.41) is 5.41. The average molecular weight is 346 g/mol. The fraction of sp³-hybridized carbons (Fsp3) is 0.357. The summed E-state index contributed by atoms with van der Waals surface area (Å²) in [6.45, 7) is 4.63. The van der Waals surface area contributed by atoms with Crippen LogP contribution in [-0.4, -0.2) is 14.0 Å². The molecule has 0 spiro atoms. The number of nitrogen functional groups attached to an aromatic ring is 1. The lowest BCUT2D eigenvalue weighted by Crippen LogP contribution is -2.08. The molecule has 0 aliphatic heterocycles. The molecule has 0 radical (unpaired) electrons. The number of aromatic nitrogens is 2. The van der Waals surface area contributed by atoms with Crippen molar-refractivity contribution in [3.8, 4) is 0 Å². The Balaban J connectivity index is 2.38. The minimum Gasteiger partial charge on any atom is -0.398 e. The summed E-state index contributed by atoms with van der Waals surface area (Å²) in [6.07, 6.45) is 0.736. The second kappa shape index (κ2) is 6.81. The minimum atomic E-state index is -1.37. The number of rotatable bonds is 5. The van der Waals surface area contributed by atoms with Gasteiger partial charge < -0.3 is 5.73 Å². The van der Waals surface area contributed by atoms with E-state index >= 15 is 0 Å². The quantitative estimate of drug-likeness (QED) is 0.841. The Morgan fingerprint density at radius 1 is 1.33 bits per heavy atom. The van der Waals surface area contributed by atoms with Crippen LogP contribution in [0.5, 0.6) is 0 Å². The first-order chi connectivity index (χ1) is 9.99. The topological polar surface area (TPSA) is 60.9 Å². The maximum Gasteiger partial charge on any atom is 0.0859 e. The number of hydrogen-bond acceptors (Lipinski definition) is 3. The molecule has 0 aliphatic rings. The highest BCUT2D eigenvalue weighted by Gasteiger charge is 2.20. The summed E-state index contributed by atoms with van der Waals surface area (Å²) >= 11 is 12.4. The second-order valence-corrected chi connectivity index (χ2v) is 6.70. The van der Waals surface area contributed by atoms with Crippen LogP contribution in [0, 0.1) is 0 Å². The lowest BCUT2D eigenvalue weighted by atomic mass is 10.3. The lowest BCUT2D eigenvalue weighted by Gasteiger charge is -2.09. The molecular weight excluding hydrogens is 329 g/mol. The molecule has 1 aromatic carbocycles. The highest BCUT2D eigenvalue weighted by atomic mass is 35.5. The maximum atomic E-state index is 12.6. The van der Waals surface area contributed by atoms with E-state index in [-0.39, 0.29) is 5.75 Å². The molecule has 0 bridgehead atoms. The van der Waals surface area contributed by atoms with Crippen LogP contribution < -0.4 is 5.73 Å². The van der Waals surface area contributed by atoms with Crippen molar-refractivity contribution in [2.24, 2.45) is 0 Å². The van der Waals surface area contributed by atoms with Crippen molar-refractivity contribution >= 4 is 39.7 Å². The van der Waals surface area contributed by atoms with Gasteiger partial charge in [-0.05, 0) is 25.5 Å². The van der Waals surface area contributed by atoms with E-state index in [1.807, 2.05) is 13.8 Å². The van der Waals surface area contributed by atoms with Crippen LogP contribution >= 0.6 is 23.2 Å². The van der Waals surface area contributed by atoms with Gasteiger partial charge in [0, 0.05) is 12.2 Å². The van der Waals surface area contributed by atoms with E-state index in [2.05, 4.69) is 5.10 Å². The summed E-state index contributed by atoms with van der Waals surface area (Å²) in [7, 11) is -1.37. The number of benzene rings is 1. The molecule has 1 aromatic heterocycles. The van der Waals surface area contributed by atoms with Crippen LogP contribution in [0.25, 0.3) is 0 Å². The first-order valence-electron chi connectivity index (χ1n) is 6.65. The molecule has 1 heterocycles. The molecule has 0 fully saturated rings. The maximum absolute atomic E-state index is 12.6. The highest BCUT2D eigenvalue weighted by Crippen LogP contribution is 2.30. The summed E-state index contributed by atoms with van der Waals surface area (Å²) in [6, 6.07) is 5.10. The zero-order valence-corrected chi connectivity index (χ0v) is 14.2. The van der Waals surface area contributed by atoms with Crippen LogP contribution in [0.15, 0.2) is 23.1 Å². The molecule has 7 heteroatoms. The van der Waals surface area contributed by atoms with Gasteiger partial charge in [-0.25, -0.2) is 0 Å². The Kier molecular flexibility index (Phi) is 5.30. The Bertz CT molecular complexity index is 665. The normalized spacial score (nSPS) is 12.6. The van der Waals surface area contributed by atoms with Gasteiger partial charge in [0.25, 0.3) is 0 Å². The number of halogens is 2. The molecule has 4 nitrogen and oxygen atoms in total. The Labute approximate surface area is 136 Å². The van der Waals surface area contributed by atoms with E-state index in [0.29, 0.717) is 27.2 Å². The summed E-state index contributed by atoms with van der Waals surface area (Å²) in [4.78, 5) is 0.456. The molecular formula is C14H17Cl2N3OS. The molecule has 2 aromatic rings. The number of nitrogens with zero attached hydrogens (tertiary/aromatic N) is 2. The van der Waals surface area contributed by atoms with Crippen molar-refractivity contribution in [2.45, 2.75) is 37.5 Å². The van der Waals surface area contributed by atoms with E-state index in [9.17, 15) is 4.21 Å². The highest BCUT2D eigenvalue weighted by molar-refractivity contribution is 7.84. The standard InChI is InChI=1S/C14H17Cl2N3OS/c1-3-11-13(16)12(19(4-2)18-11)8-21(20)14-9(15)6-5-7-10(14)17/h5-7H,3-4,8,17H2,1-2H3. The molecule has 114 valence electrons.